The van der Waals surface area contributed by atoms with Crippen molar-refractivity contribution >= 4 is 18.3 Å². The van der Waals surface area contributed by atoms with E-state index in [1.165, 1.54) is 20.5 Å². The minimum Gasteiger partial charge on any atom is -0.480 e. The predicted octanol–water partition coefficient (Wildman–Crippen LogP) is 1.38. The van der Waals surface area contributed by atoms with Gasteiger partial charge >= 0.3 is 0 Å². The molecule has 23 heavy (non-hydrogen) atoms. The minimum absolute atomic E-state index is 0. The first kappa shape index (κ1) is 19.4. The fourth-order valence-corrected chi connectivity index (χ4v) is 2.78. The molecule has 1 saturated heterocycles. The van der Waals surface area contributed by atoms with Crippen LogP contribution in [0.2, 0.25) is 0 Å². The zero-order valence-corrected chi connectivity index (χ0v) is 14.7. The van der Waals surface area contributed by atoms with E-state index >= 15 is 0 Å². The van der Waals surface area contributed by atoms with E-state index in [0.29, 0.717) is 11.5 Å². The molecule has 0 atom stereocenters. The quantitative estimate of drug-likeness (QED) is 0.840. The summed E-state index contributed by atoms with van der Waals surface area (Å²) in [4.78, 5) is 22.6. The molecule has 1 N–H and O–H groups in total. The Morgan fingerprint density at radius 2 is 1.83 bits per heavy atom. The average Bonchev–Trinajstić information content (AvgIpc) is 2.58. The lowest BCUT2D eigenvalue weighted by atomic mass is 9.93. The smallest absolute Gasteiger partial charge is 0.264 e. The van der Waals surface area contributed by atoms with Gasteiger partial charge in [-0.2, -0.15) is 0 Å². The van der Waals surface area contributed by atoms with Gasteiger partial charge in [-0.3, -0.25) is 4.79 Å². The highest BCUT2D eigenvalue weighted by atomic mass is 35.5. The third-order valence-electron chi connectivity index (χ3n) is 4.08. The molecular formula is C15H25ClN4O3. The number of nitrogens with one attached hydrogen (secondary N) is 1. The molecule has 0 radical (unpaired) electrons. The first-order chi connectivity index (χ1) is 10.7. The molecule has 1 aromatic heterocycles. The van der Waals surface area contributed by atoms with Crippen LogP contribution in [0.5, 0.6) is 11.8 Å². The Balaban J connectivity index is 0.00000264. The van der Waals surface area contributed by atoms with Crippen LogP contribution in [0, 0.1) is 5.92 Å². The standard InChI is InChI=1S/C15H24N4O3.ClH/c1-16-7-4-11-5-8-19(9-6-11)15(20)12-13(21-2)17-10-18-14(12)22-3;/h10-11,16H,4-9H2,1-3H3;1H. The highest BCUT2D eigenvalue weighted by Crippen LogP contribution is 2.28. The van der Waals surface area contributed by atoms with Crippen molar-refractivity contribution in [3.8, 4) is 11.8 Å². The first-order valence-corrected chi connectivity index (χ1v) is 7.58. The molecule has 0 saturated carbocycles. The lowest BCUT2D eigenvalue weighted by molar-refractivity contribution is 0.0678. The van der Waals surface area contributed by atoms with Gasteiger partial charge < -0.3 is 19.7 Å². The number of carbonyl (C=O) groups is 1. The van der Waals surface area contributed by atoms with Gasteiger partial charge in [0.25, 0.3) is 5.91 Å². The first-order valence-electron chi connectivity index (χ1n) is 7.58. The molecule has 1 amide bonds. The molecule has 0 aromatic carbocycles. The monoisotopic (exact) mass is 344 g/mol. The summed E-state index contributed by atoms with van der Waals surface area (Å²) >= 11 is 0. The number of likely N-dealkylation sites (tertiary alicyclic amines) is 1. The van der Waals surface area contributed by atoms with Crippen molar-refractivity contribution < 1.29 is 14.3 Å². The van der Waals surface area contributed by atoms with Gasteiger partial charge in [0.2, 0.25) is 11.8 Å². The molecule has 1 aliphatic rings. The van der Waals surface area contributed by atoms with Gasteiger partial charge in [0.1, 0.15) is 6.33 Å². The summed E-state index contributed by atoms with van der Waals surface area (Å²) in [7, 11) is 4.94. The summed E-state index contributed by atoms with van der Waals surface area (Å²) in [6.45, 7) is 2.51. The molecule has 2 heterocycles. The Morgan fingerprint density at radius 3 is 2.30 bits per heavy atom. The maximum absolute atomic E-state index is 12.8. The second kappa shape index (κ2) is 9.52. The Morgan fingerprint density at radius 1 is 1.26 bits per heavy atom. The van der Waals surface area contributed by atoms with E-state index in [2.05, 4.69) is 15.3 Å². The van der Waals surface area contributed by atoms with E-state index in [1.807, 2.05) is 11.9 Å². The minimum atomic E-state index is -0.124. The molecule has 130 valence electrons. The van der Waals surface area contributed by atoms with Gasteiger partial charge in [-0.1, -0.05) is 0 Å². The molecule has 8 heteroatoms. The maximum atomic E-state index is 12.8. The van der Waals surface area contributed by atoms with Crippen molar-refractivity contribution in [3.63, 3.8) is 0 Å². The zero-order chi connectivity index (χ0) is 15.9. The van der Waals surface area contributed by atoms with Crippen LogP contribution < -0.4 is 14.8 Å². The van der Waals surface area contributed by atoms with Gasteiger partial charge in [-0.15, -0.1) is 12.4 Å². The third kappa shape index (κ3) is 4.68. The molecule has 1 aromatic rings. The van der Waals surface area contributed by atoms with Crippen molar-refractivity contribution in [2.45, 2.75) is 19.3 Å². The number of hydrogen-bond donors (Lipinski definition) is 1. The predicted molar refractivity (Wildman–Crippen MR) is 89.6 cm³/mol. The summed E-state index contributed by atoms with van der Waals surface area (Å²) in [6, 6.07) is 0. The molecule has 0 unspecified atom stereocenters. The topological polar surface area (TPSA) is 76.6 Å². The van der Waals surface area contributed by atoms with Crippen LogP contribution in [0.25, 0.3) is 0 Å². The number of aromatic nitrogens is 2. The highest BCUT2D eigenvalue weighted by Gasteiger charge is 2.29. The van der Waals surface area contributed by atoms with E-state index < -0.39 is 0 Å². The Hall–Kier alpha value is -1.60. The van der Waals surface area contributed by atoms with Crippen molar-refractivity contribution in [2.24, 2.45) is 5.92 Å². The number of amides is 1. The van der Waals surface area contributed by atoms with E-state index in [-0.39, 0.29) is 30.1 Å². The number of methoxy groups -OCH3 is 2. The lowest BCUT2D eigenvalue weighted by Gasteiger charge is -2.32. The zero-order valence-electron chi connectivity index (χ0n) is 13.9. The number of carbonyl (C=O) groups excluding carboxylic acids is 1. The summed E-state index contributed by atoms with van der Waals surface area (Å²) < 4.78 is 10.4. The molecule has 0 aliphatic carbocycles. The average molecular weight is 345 g/mol. The van der Waals surface area contributed by atoms with Crippen LogP contribution in [-0.4, -0.2) is 61.7 Å². The van der Waals surface area contributed by atoms with Crippen molar-refractivity contribution in [1.29, 1.82) is 0 Å². The van der Waals surface area contributed by atoms with Gasteiger partial charge in [0.15, 0.2) is 5.56 Å². The second-order valence-electron chi connectivity index (χ2n) is 5.40. The van der Waals surface area contributed by atoms with Crippen molar-refractivity contribution in [2.75, 3.05) is 40.9 Å². The van der Waals surface area contributed by atoms with Crippen LogP contribution >= 0.6 is 12.4 Å². The molecule has 0 spiro atoms. The van der Waals surface area contributed by atoms with Crippen molar-refractivity contribution in [3.05, 3.63) is 11.9 Å². The van der Waals surface area contributed by atoms with Crippen molar-refractivity contribution in [1.82, 2.24) is 20.2 Å². The normalized spacial score (nSPS) is 15.0. The van der Waals surface area contributed by atoms with E-state index in [4.69, 9.17) is 9.47 Å². The van der Waals surface area contributed by atoms with E-state index in [9.17, 15) is 4.79 Å². The van der Waals surface area contributed by atoms with Crippen LogP contribution in [-0.2, 0) is 0 Å². The molecule has 7 nitrogen and oxygen atoms in total. The summed E-state index contributed by atoms with van der Waals surface area (Å²) in [5, 5.41) is 3.17. The number of ether oxygens (including phenoxy) is 2. The van der Waals surface area contributed by atoms with Crippen LogP contribution in [0.4, 0.5) is 0 Å². The largest absolute Gasteiger partial charge is 0.480 e. The number of rotatable bonds is 6. The molecular weight excluding hydrogens is 320 g/mol. The Bertz CT molecular complexity index is 485. The van der Waals surface area contributed by atoms with Crippen LogP contribution in [0.3, 0.4) is 0 Å². The van der Waals surface area contributed by atoms with E-state index in [1.54, 1.807) is 0 Å². The fourth-order valence-electron chi connectivity index (χ4n) is 2.78. The summed E-state index contributed by atoms with van der Waals surface area (Å²) in [6.07, 6.45) is 4.52. The third-order valence-corrected chi connectivity index (χ3v) is 4.08. The fraction of sp³-hybridized carbons (Fsp3) is 0.667. The van der Waals surface area contributed by atoms with E-state index in [0.717, 1.165) is 38.9 Å². The highest BCUT2D eigenvalue weighted by molar-refractivity contribution is 5.98. The maximum Gasteiger partial charge on any atom is 0.264 e. The number of halogens is 1. The summed E-state index contributed by atoms with van der Waals surface area (Å²) in [5.74, 6) is 1.07. The van der Waals surface area contributed by atoms with Gasteiger partial charge in [-0.05, 0) is 38.8 Å². The van der Waals surface area contributed by atoms with Gasteiger partial charge in [0.05, 0.1) is 14.2 Å². The number of nitrogens with zero attached hydrogens (tertiary/aromatic N) is 3. The Labute approximate surface area is 143 Å². The second-order valence-corrected chi connectivity index (χ2v) is 5.40. The van der Waals surface area contributed by atoms with Gasteiger partial charge in [0, 0.05) is 13.1 Å². The molecule has 1 aliphatic heterocycles. The number of piperidine rings is 1. The molecule has 1 fully saturated rings. The summed E-state index contributed by atoms with van der Waals surface area (Å²) in [5.41, 5.74) is 0.307. The Kier molecular flexibility index (Phi) is 8.05. The SMILES string of the molecule is CNCCC1CCN(C(=O)c2c(OC)ncnc2OC)CC1.Cl. The molecule has 0 bridgehead atoms. The lowest BCUT2D eigenvalue weighted by Crippen LogP contribution is -2.39. The van der Waals surface area contributed by atoms with Gasteiger partial charge in [-0.25, -0.2) is 9.97 Å². The van der Waals surface area contributed by atoms with Crippen LogP contribution in [0.1, 0.15) is 29.6 Å². The molecule has 2 rings (SSSR count). The van der Waals surface area contributed by atoms with Crippen LogP contribution in [0.15, 0.2) is 6.33 Å². The number of hydrogen-bond acceptors (Lipinski definition) is 6.